The number of hydrogen-bond acceptors (Lipinski definition) is 6. The molecule has 7 heteroatoms. The Morgan fingerprint density at radius 1 is 1.33 bits per heavy atom. The van der Waals surface area contributed by atoms with Gasteiger partial charge in [0, 0.05) is 4.90 Å². The van der Waals surface area contributed by atoms with Crippen LogP contribution in [0.4, 0.5) is 4.39 Å². The summed E-state index contributed by atoms with van der Waals surface area (Å²) in [5.74, 6) is -0.105. The highest BCUT2D eigenvalue weighted by atomic mass is 32.2. The van der Waals surface area contributed by atoms with Gasteiger partial charge in [0.1, 0.15) is 5.82 Å². The van der Waals surface area contributed by atoms with Crippen LogP contribution in [0.5, 0.6) is 11.8 Å². The van der Waals surface area contributed by atoms with Crippen LogP contribution >= 0.6 is 11.8 Å². The van der Waals surface area contributed by atoms with Gasteiger partial charge in [-0.25, -0.2) is 9.37 Å². The van der Waals surface area contributed by atoms with E-state index in [4.69, 9.17) is 9.47 Å². The highest BCUT2D eigenvalue weighted by Crippen LogP contribution is 2.23. The molecule has 0 N–H and O–H groups in total. The molecule has 0 fully saturated rings. The topological polar surface area (TPSA) is 61.3 Å². The van der Waals surface area contributed by atoms with Crippen LogP contribution in [0.2, 0.25) is 0 Å². The van der Waals surface area contributed by atoms with E-state index in [2.05, 4.69) is 9.97 Å². The van der Waals surface area contributed by atoms with Crippen LogP contribution in [0.1, 0.15) is 10.5 Å². The molecular formula is C14H13FN2O3S. The Morgan fingerprint density at radius 2 is 2.14 bits per heavy atom. The zero-order chi connectivity index (χ0) is 15.2. The Kier molecular flexibility index (Phi) is 5.10. The average molecular weight is 308 g/mol. The number of rotatable bonds is 6. The fourth-order valence-electron chi connectivity index (χ4n) is 1.56. The first-order chi connectivity index (χ1) is 10.1. The molecule has 1 heterocycles. The number of carbonyl (C=O) groups is 1. The van der Waals surface area contributed by atoms with Crippen LogP contribution < -0.4 is 9.47 Å². The maximum atomic E-state index is 13.1. The molecule has 0 radical (unpaired) electrons. The van der Waals surface area contributed by atoms with E-state index in [1.54, 1.807) is 12.1 Å². The molecule has 0 saturated carbocycles. The molecule has 110 valence electrons. The number of hydrogen-bond donors (Lipinski definition) is 0. The van der Waals surface area contributed by atoms with Gasteiger partial charge < -0.3 is 9.47 Å². The third kappa shape index (κ3) is 3.91. The van der Waals surface area contributed by atoms with Gasteiger partial charge in [0.2, 0.25) is 11.8 Å². The lowest BCUT2D eigenvalue weighted by Crippen LogP contribution is -2.09. The molecule has 5 nitrogen and oxygen atoms in total. The molecule has 21 heavy (non-hydrogen) atoms. The molecule has 2 rings (SSSR count). The number of methoxy groups -OCH3 is 2. The predicted octanol–water partition coefficient (Wildman–Crippen LogP) is 2.61. The molecule has 0 bridgehead atoms. The molecule has 1 aromatic carbocycles. The van der Waals surface area contributed by atoms with Gasteiger partial charge in [-0.1, -0.05) is 6.07 Å². The minimum absolute atomic E-state index is 0.110. The highest BCUT2D eigenvalue weighted by Gasteiger charge is 2.17. The van der Waals surface area contributed by atoms with E-state index in [1.165, 1.54) is 44.3 Å². The van der Waals surface area contributed by atoms with Crippen LogP contribution in [0.15, 0.2) is 35.4 Å². The van der Waals surface area contributed by atoms with E-state index in [0.29, 0.717) is 4.90 Å². The summed E-state index contributed by atoms with van der Waals surface area (Å²) in [6, 6.07) is 6.05. The molecule has 0 unspecified atom stereocenters. The number of Topliss-reactive ketones (excluding diaryl/α,β-unsaturated/α-hetero) is 1. The lowest BCUT2D eigenvalue weighted by Gasteiger charge is -2.07. The van der Waals surface area contributed by atoms with Gasteiger partial charge in [0.05, 0.1) is 26.2 Å². The largest absolute Gasteiger partial charge is 0.480 e. The van der Waals surface area contributed by atoms with Crippen molar-refractivity contribution in [3.63, 3.8) is 0 Å². The van der Waals surface area contributed by atoms with Crippen molar-refractivity contribution in [1.82, 2.24) is 9.97 Å². The molecule has 0 aliphatic rings. The maximum Gasteiger partial charge on any atom is 0.246 e. The van der Waals surface area contributed by atoms with Crippen LogP contribution in [0.3, 0.4) is 0 Å². The molecule has 0 amide bonds. The number of benzene rings is 1. The lowest BCUT2D eigenvalue weighted by atomic mass is 10.3. The zero-order valence-electron chi connectivity index (χ0n) is 11.5. The van der Waals surface area contributed by atoms with E-state index in [-0.39, 0.29) is 34.8 Å². The van der Waals surface area contributed by atoms with Gasteiger partial charge in [-0.3, -0.25) is 4.79 Å². The summed E-state index contributed by atoms with van der Waals surface area (Å²) in [4.78, 5) is 20.8. The minimum atomic E-state index is -0.339. The third-order valence-electron chi connectivity index (χ3n) is 2.55. The standard InChI is InChI=1S/C14H13FN2O3S/c1-19-12-7-16-13(14(17-12)20-2)11(18)8-21-10-5-3-4-9(15)6-10/h3-7H,8H2,1-2H3. The summed E-state index contributed by atoms with van der Waals surface area (Å²) in [5, 5.41) is 0. The van der Waals surface area contributed by atoms with E-state index in [0.717, 1.165) is 0 Å². The second-order valence-electron chi connectivity index (χ2n) is 3.94. The summed E-state index contributed by atoms with van der Waals surface area (Å²) in [7, 11) is 2.85. The van der Waals surface area contributed by atoms with E-state index in [1.807, 2.05) is 0 Å². The van der Waals surface area contributed by atoms with Gasteiger partial charge in [0.15, 0.2) is 11.5 Å². The predicted molar refractivity (Wildman–Crippen MR) is 76.6 cm³/mol. The van der Waals surface area contributed by atoms with E-state index >= 15 is 0 Å². The van der Waals surface area contributed by atoms with Gasteiger partial charge >= 0.3 is 0 Å². The van der Waals surface area contributed by atoms with Crippen LogP contribution in [-0.2, 0) is 0 Å². The molecule has 0 saturated heterocycles. The van der Waals surface area contributed by atoms with Gasteiger partial charge in [-0.05, 0) is 18.2 Å². The highest BCUT2D eigenvalue weighted by molar-refractivity contribution is 8.00. The fourth-order valence-corrected chi connectivity index (χ4v) is 2.37. The fraction of sp³-hybridized carbons (Fsp3) is 0.214. The van der Waals surface area contributed by atoms with Crippen LogP contribution in [-0.4, -0.2) is 35.7 Å². The number of nitrogens with zero attached hydrogens (tertiary/aromatic N) is 2. The van der Waals surface area contributed by atoms with Crippen LogP contribution in [0.25, 0.3) is 0 Å². The van der Waals surface area contributed by atoms with Gasteiger partial charge in [0.25, 0.3) is 0 Å². The Morgan fingerprint density at radius 3 is 2.81 bits per heavy atom. The molecular weight excluding hydrogens is 295 g/mol. The summed E-state index contributed by atoms with van der Waals surface area (Å²) < 4.78 is 23.0. The number of halogens is 1. The molecule has 0 aliphatic heterocycles. The Balaban J connectivity index is 2.10. The van der Waals surface area contributed by atoms with Gasteiger partial charge in [-0.15, -0.1) is 11.8 Å². The van der Waals surface area contributed by atoms with Crippen molar-refractivity contribution >= 4 is 17.5 Å². The monoisotopic (exact) mass is 308 g/mol. The first-order valence-corrected chi connectivity index (χ1v) is 6.99. The van der Waals surface area contributed by atoms with Crippen molar-refractivity contribution < 1.29 is 18.7 Å². The van der Waals surface area contributed by atoms with Crippen molar-refractivity contribution in [1.29, 1.82) is 0 Å². The second-order valence-corrected chi connectivity index (χ2v) is 4.99. The number of aromatic nitrogens is 2. The Hall–Kier alpha value is -2.15. The molecule has 1 aromatic heterocycles. The smallest absolute Gasteiger partial charge is 0.246 e. The minimum Gasteiger partial charge on any atom is -0.480 e. The van der Waals surface area contributed by atoms with Crippen molar-refractivity contribution in [3.05, 3.63) is 42.0 Å². The Labute approximate surface area is 125 Å². The summed E-state index contributed by atoms with van der Waals surface area (Å²) in [6.07, 6.45) is 1.35. The molecule has 2 aromatic rings. The number of ketones is 1. The van der Waals surface area contributed by atoms with E-state index in [9.17, 15) is 9.18 Å². The molecule has 0 atom stereocenters. The first-order valence-electron chi connectivity index (χ1n) is 6.00. The average Bonchev–Trinajstić information content (AvgIpc) is 2.52. The first kappa shape index (κ1) is 15.2. The zero-order valence-corrected chi connectivity index (χ0v) is 12.3. The van der Waals surface area contributed by atoms with Crippen molar-refractivity contribution in [2.45, 2.75) is 4.90 Å². The number of carbonyl (C=O) groups excluding carboxylic acids is 1. The quantitative estimate of drug-likeness (QED) is 0.604. The summed E-state index contributed by atoms with van der Waals surface area (Å²) in [5.41, 5.74) is 0.127. The van der Waals surface area contributed by atoms with E-state index < -0.39 is 0 Å². The third-order valence-corrected chi connectivity index (χ3v) is 3.54. The SMILES string of the molecule is COc1cnc(C(=O)CSc2cccc(F)c2)c(OC)n1. The summed E-state index contributed by atoms with van der Waals surface area (Å²) >= 11 is 1.22. The van der Waals surface area contributed by atoms with Crippen molar-refractivity contribution in [3.8, 4) is 11.8 Å². The molecule has 0 aliphatic carbocycles. The van der Waals surface area contributed by atoms with Gasteiger partial charge in [-0.2, -0.15) is 4.98 Å². The molecule has 0 spiro atoms. The number of ether oxygens (including phenoxy) is 2. The van der Waals surface area contributed by atoms with Crippen molar-refractivity contribution in [2.24, 2.45) is 0 Å². The van der Waals surface area contributed by atoms with Crippen molar-refractivity contribution in [2.75, 3.05) is 20.0 Å². The second kappa shape index (κ2) is 7.03. The maximum absolute atomic E-state index is 13.1. The lowest BCUT2D eigenvalue weighted by molar-refractivity contribution is 0.101. The number of thioether (sulfide) groups is 1. The summed E-state index contributed by atoms with van der Waals surface area (Å²) in [6.45, 7) is 0. The normalized spacial score (nSPS) is 10.2. The Bertz CT molecular complexity index is 652. The van der Waals surface area contributed by atoms with Crippen LogP contribution in [0, 0.1) is 5.82 Å².